The van der Waals surface area contributed by atoms with Crippen molar-refractivity contribution in [1.29, 1.82) is 0 Å². The standard InChI is InChI=1S/C20H37N3O/c1-4-6-7-8-9-10-11-12-13-14-20-22-16-18-23(20,5-2)17-15-21-19(3)24/h4,6H,5,7-18H2,1-3H3/p+1/b6-4+. The highest BCUT2D eigenvalue weighted by atomic mass is 16.1. The summed E-state index contributed by atoms with van der Waals surface area (Å²) in [7, 11) is 0. The summed E-state index contributed by atoms with van der Waals surface area (Å²) in [5, 5.41) is 2.94. The molecule has 138 valence electrons. The first-order valence-electron chi connectivity index (χ1n) is 9.90. The molecule has 1 heterocycles. The summed E-state index contributed by atoms with van der Waals surface area (Å²) in [5.41, 5.74) is 0. The van der Waals surface area contributed by atoms with Crippen molar-refractivity contribution in [3.63, 3.8) is 0 Å². The molecule has 0 aromatic rings. The van der Waals surface area contributed by atoms with Crippen molar-refractivity contribution in [2.24, 2.45) is 4.99 Å². The van der Waals surface area contributed by atoms with Crippen LogP contribution in [0.2, 0.25) is 0 Å². The zero-order valence-electron chi connectivity index (χ0n) is 16.1. The number of amidine groups is 1. The molecular formula is C20H38N3O+. The number of amides is 1. The minimum absolute atomic E-state index is 0.0661. The molecule has 1 amide bonds. The van der Waals surface area contributed by atoms with Crippen molar-refractivity contribution >= 4 is 11.7 Å². The number of likely N-dealkylation sites (N-methyl/N-ethyl adjacent to an activating group) is 1. The second-order valence-corrected chi connectivity index (χ2v) is 6.92. The molecule has 0 spiro atoms. The van der Waals surface area contributed by atoms with Gasteiger partial charge < -0.3 is 5.32 Å². The van der Waals surface area contributed by atoms with Crippen molar-refractivity contribution in [2.45, 2.75) is 72.1 Å². The van der Waals surface area contributed by atoms with Gasteiger partial charge in [0.1, 0.15) is 13.1 Å². The lowest BCUT2D eigenvalue weighted by Crippen LogP contribution is -2.54. The van der Waals surface area contributed by atoms with E-state index >= 15 is 0 Å². The molecular weight excluding hydrogens is 298 g/mol. The van der Waals surface area contributed by atoms with Crippen LogP contribution in [0.1, 0.15) is 72.1 Å². The molecule has 0 saturated heterocycles. The first kappa shape index (κ1) is 20.9. The summed E-state index contributed by atoms with van der Waals surface area (Å²) in [5.74, 6) is 1.44. The highest BCUT2D eigenvalue weighted by Gasteiger charge is 2.35. The van der Waals surface area contributed by atoms with Crippen LogP contribution in [0.25, 0.3) is 0 Å². The number of unbranched alkanes of at least 4 members (excludes halogenated alkanes) is 6. The maximum Gasteiger partial charge on any atom is 0.217 e. The first-order chi connectivity index (χ1) is 11.6. The molecule has 4 heteroatoms. The molecule has 0 aliphatic carbocycles. The number of allylic oxidation sites excluding steroid dienone is 2. The summed E-state index contributed by atoms with van der Waals surface area (Å²) in [6.07, 6.45) is 14.7. The Kier molecular flexibility index (Phi) is 10.6. The zero-order chi connectivity index (χ0) is 17.7. The van der Waals surface area contributed by atoms with Crippen LogP contribution in [0.5, 0.6) is 0 Å². The molecule has 1 rings (SSSR count). The number of nitrogens with zero attached hydrogens (tertiary/aromatic N) is 2. The highest BCUT2D eigenvalue weighted by Crippen LogP contribution is 2.20. The van der Waals surface area contributed by atoms with Gasteiger partial charge in [-0.2, -0.15) is 0 Å². The second-order valence-electron chi connectivity index (χ2n) is 6.92. The monoisotopic (exact) mass is 336 g/mol. The van der Waals surface area contributed by atoms with Crippen LogP contribution in [0.3, 0.4) is 0 Å². The molecule has 24 heavy (non-hydrogen) atoms. The Morgan fingerprint density at radius 3 is 2.58 bits per heavy atom. The van der Waals surface area contributed by atoms with Gasteiger partial charge in [0.25, 0.3) is 0 Å². The van der Waals surface area contributed by atoms with E-state index in [9.17, 15) is 4.79 Å². The number of hydrogen-bond donors (Lipinski definition) is 1. The van der Waals surface area contributed by atoms with Gasteiger partial charge in [0.15, 0.2) is 5.84 Å². The van der Waals surface area contributed by atoms with Gasteiger partial charge in [-0.05, 0) is 33.1 Å². The average Bonchev–Trinajstić information content (AvgIpc) is 2.96. The predicted octanol–water partition coefficient (Wildman–Crippen LogP) is 4.07. The highest BCUT2D eigenvalue weighted by molar-refractivity contribution is 5.77. The molecule has 0 saturated carbocycles. The van der Waals surface area contributed by atoms with Gasteiger partial charge in [0, 0.05) is 13.3 Å². The van der Waals surface area contributed by atoms with E-state index in [0.29, 0.717) is 0 Å². The maximum atomic E-state index is 11.1. The van der Waals surface area contributed by atoms with E-state index in [4.69, 9.17) is 4.99 Å². The number of carbonyl (C=O) groups is 1. The fourth-order valence-electron chi connectivity index (χ4n) is 3.57. The van der Waals surface area contributed by atoms with Crippen molar-refractivity contribution in [3.8, 4) is 0 Å². The van der Waals surface area contributed by atoms with Crippen LogP contribution in [0.15, 0.2) is 17.1 Å². The first-order valence-corrected chi connectivity index (χ1v) is 9.90. The fraction of sp³-hybridized carbons (Fsp3) is 0.800. The van der Waals surface area contributed by atoms with Gasteiger partial charge >= 0.3 is 0 Å². The smallest absolute Gasteiger partial charge is 0.217 e. The molecule has 0 bridgehead atoms. The largest absolute Gasteiger partial charge is 0.351 e. The molecule has 0 radical (unpaired) electrons. The van der Waals surface area contributed by atoms with Crippen LogP contribution in [0.4, 0.5) is 0 Å². The number of hydrogen-bond acceptors (Lipinski definition) is 2. The molecule has 1 atom stereocenters. The van der Waals surface area contributed by atoms with Crippen LogP contribution >= 0.6 is 0 Å². The van der Waals surface area contributed by atoms with Crippen molar-refractivity contribution in [1.82, 2.24) is 5.32 Å². The van der Waals surface area contributed by atoms with Crippen molar-refractivity contribution < 1.29 is 9.28 Å². The summed E-state index contributed by atoms with van der Waals surface area (Å²) >= 11 is 0. The molecule has 0 aromatic heterocycles. The fourth-order valence-corrected chi connectivity index (χ4v) is 3.57. The van der Waals surface area contributed by atoms with Crippen LogP contribution in [-0.2, 0) is 4.79 Å². The topological polar surface area (TPSA) is 41.5 Å². The van der Waals surface area contributed by atoms with E-state index in [-0.39, 0.29) is 5.91 Å². The van der Waals surface area contributed by atoms with Crippen LogP contribution in [-0.4, -0.2) is 48.9 Å². The number of aliphatic imine (C=N–C) groups is 1. The Bertz CT molecular complexity index is 417. The predicted molar refractivity (Wildman–Crippen MR) is 103 cm³/mol. The van der Waals surface area contributed by atoms with Gasteiger partial charge in [0.05, 0.1) is 19.6 Å². The van der Waals surface area contributed by atoms with E-state index in [1.807, 2.05) is 0 Å². The number of rotatable bonds is 13. The Morgan fingerprint density at radius 1 is 1.21 bits per heavy atom. The molecule has 0 fully saturated rings. The average molecular weight is 337 g/mol. The SMILES string of the molecule is C/C=C/CCCCCCCCC1=NCC[N+]1(CC)CCNC(C)=O. The third-order valence-electron chi connectivity index (χ3n) is 5.15. The Balaban J connectivity index is 2.21. The normalized spacial score (nSPS) is 20.5. The molecule has 0 aromatic carbocycles. The summed E-state index contributed by atoms with van der Waals surface area (Å²) in [6, 6.07) is 0. The van der Waals surface area contributed by atoms with E-state index < -0.39 is 0 Å². The minimum atomic E-state index is 0.0661. The Hall–Kier alpha value is -1.16. The summed E-state index contributed by atoms with van der Waals surface area (Å²) in [6.45, 7) is 10.8. The van der Waals surface area contributed by atoms with Gasteiger partial charge in [-0.1, -0.05) is 37.8 Å². The lowest BCUT2D eigenvalue weighted by atomic mass is 10.1. The molecule has 1 N–H and O–H groups in total. The van der Waals surface area contributed by atoms with E-state index in [1.54, 1.807) is 6.92 Å². The third-order valence-corrected chi connectivity index (χ3v) is 5.15. The number of carbonyl (C=O) groups excluding carboxylic acids is 1. The Morgan fingerprint density at radius 2 is 1.92 bits per heavy atom. The van der Waals surface area contributed by atoms with E-state index in [0.717, 1.165) is 43.6 Å². The molecule has 1 aliphatic rings. The summed E-state index contributed by atoms with van der Waals surface area (Å²) < 4.78 is 0.990. The van der Waals surface area contributed by atoms with E-state index in [2.05, 4.69) is 31.3 Å². The minimum Gasteiger partial charge on any atom is -0.351 e. The summed E-state index contributed by atoms with van der Waals surface area (Å²) in [4.78, 5) is 15.9. The number of quaternary nitrogens is 1. The van der Waals surface area contributed by atoms with Crippen LogP contribution in [0, 0.1) is 0 Å². The Labute approximate surface area is 149 Å². The molecule has 1 aliphatic heterocycles. The quantitative estimate of drug-likeness (QED) is 0.307. The molecule has 1 unspecified atom stereocenters. The van der Waals surface area contributed by atoms with Gasteiger partial charge in [-0.25, -0.2) is 4.99 Å². The lowest BCUT2D eigenvalue weighted by Gasteiger charge is -2.33. The number of nitrogens with one attached hydrogen (secondary N) is 1. The van der Waals surface area contributed by atoms with Crippen LogP contribution < -0.4 is 5.32 Å². The van der Waals surface area contributed by atoms with E-state index in [1.165, 1.54) is 50.8 Å². The lowest BCUT2D eigenvalue weighted by molar-refractivity contribution is -0.833. The zero-order valence-corrected chi connectivity index (χ0v) is 16.1. The second kappa shape index (κ2) is 12.2. The van der Waals surface area contributed by atoms with Gasteiger partial charge in [-0.3, -0.25) is 9.28 Å². The van der Waals surface area contributed by atoms with Gasteiger partial charge in [-0.15, -0.1) is 0 Å². The third kappa shape index (κ3) is 7.61. The van der Waals surface area contributed by atoms with Crippen molar-refractivity contribution in [2.75, 3.05) is 32.7 Å². The van der Waals surface area contributed by atoms with Gasteiger partial charge in [0.2, 0.25) is 5.91 Å². The maximum absolute atomic E-state index is 11.1. The van der Waals surface area contributed by atoms with Crippen molar-refractivity contribution in [3.05, 3.63) is 12.2 Å². The molecule has 4 nitrogen and oxygen atoms in total.